The SMILES string of the molecule is CCCCCOc1cccc2cc(C(=O)Nc3ccc(Cl)cc3-c3noc(=O)[nH]3)n(C)c12. The number of ether oxygens (including phenoxy) is 1. The van der Waals surface area contributed by atoms with E-state index in [9.17, 15) is 9.59 Å². The van der Waals surface area contributed by atoms with Gasteiger partial charge in [0, 0.05) is 23.0 Å². The summed E-state index contributed by atoms with van der Waals surface area (Å²) in [5, 5.41) is 7.91. The fourth-order valence-corrected chi connectivity index (χ4v) is 3.77. The van der Waals surface area contributed by atoms with Gasteiger partial charge < -0.3 is 14.6 Å². The predicted octanol–water partition coefficient (Wildman–Crippen LogP) is 5.00. The Morgan fingerprint density at radius 1 is 1.25 bits per heavy atom. The Balaban J connectivity index is 1.64. The van der Waals surface area contributed by atoms with Crippen LogP contribution in [-0.2, 0) is 7.05 Å². The van der Waals surface area contributed by atoms with Crippen molar-refractivity contribution in [3.8, 4) is 17.1 Å². The number of anilines is 1. The molecule has 2 heterocycles. The molecule has 2 N–H and O–H groups in total. The number of hydrogen-bond donors (Lipinski definition) is 2. The fourth-order valence-electron chi connectivity index (χ4n) is 3.60. The van der Waals surface area contributed by atoms with Gasteiger partial charge in [-0.1, -0.05) is 48.7 Å². The molecule has 0 radical (unpaired) electrons. The lowest BCUT2D eigenvalue weighted by molar-refractivity contribution is 0.102. The highest BCUT2D eigenvalue weighted by atomic mass is 35.5. The molecule has 4 aromatic rings. The molecule has 0 saturated carbocycles. The lowest BCUT2D eigenvalue weighted by Crippen LogP contribution is -2.16. The molecule has 0 bridgehead atoms. The summed E-state index contributed by atoms with van der Waals surface area (Å²) in [6.45, 7) is 2.78. The van der Waals surface area contributed by atoms with E-state index in [1.54, 1.807) is 18.2 Å². The minimum absolute atomic E-state index is 0.174. The first-order valence-electron chi connectivity index (χ1n) is 10.4. The number of hydrogen-bond acceptors (Lipinski definition) is 5. The summed E-state index contributed by atoms with van der Waals surface area (Å²) >= 11 is 6.10. The number of nitrogens with one attached hydrogen (secondary N) is 2. The molecule has 1 amide bonds. The molecular weight excluding hydrogens is 432 g/mol. The van der Waals surface area contributed by atoms with Crippen molar-refractivity contribution in [2.45, 2.75) is 26.2 Å². The van der Waals surface area contributed by atoms with Crippen molar-refractivity contribution >= 4 is 34.1 Å². The van der Waals surface area contributed by atoms with E-state index < -0.39 is 5.76 Å². The number of aryl methyl sites for hydroxylation is 1. The van der Waals surface area contributed by atoms with Crippen LogP contribution in [0.3, 0.4) is 0 Å². The molecule has 0 fully saturated rings. The number of rotatable bonds is 8. The van der Waals surface area contributed by atoms with Crippen LogP contribution in [0.4, 0.5) is 5.69 Å². The van der Waals surface area contributed by atoms with Crippen LogP contribution in [0.1, 0.15) is 36.7 Å². The van der Waals surface area contributed by atoms with E-state index in [2.05, 4.69) is 26.9 Å². The highest BCUT2D eigenvalue weighted by molar-refractivity contribution is 6.31. The van der Waals surface area contributed by atoms with E-state index >= 15 is 0 Å². The van der Waals surface area contributed by atoms with Crippen molar-refractivity contribution < 1.29 is 14.1 Å². The molecule has 0 aliphatic rings. The van der Waals surface area contributed by atoms with E-state index in [0.29, 0.717) is 28.6 Å². The molecule has 4 rings (SSSR count). The maximum atomic E-state index is 13.2. The third-order valence-electron chi connectivity index (χ3n) is 5.18. The van der Waals surface area contributed by atoms with Crippen molar-refractivity contribution in [3.05, 3.63) is 63.7 Å². The largest absolute Gasteiger partial charge is 0.491 e. The summed E-state index contributed by atoms with van der Waals surface area (Å²) in [7, 11) is 1.83. The summed E-state index contributed by atoms with van der Waals surface area (Å²) < 4.78 is 12.4. The van der Waals surface area contributed by atoms with Gasteiger partial charge in [0.2, 0.25) is 0 Å². The Hall–Kier alpha value is -3.52. The van der Waals surface area contributed by atoms with Gasteiger partial charge in [-0.05, 0) is 36.8 Å². The summed E-state index contributed by atoms with van der Waals surface area (Å²) in [5.41, 5.74) is 2.19. The molecule has 9 heteroatoms. The molecule has 8 nitrogen and oxygen atoms in total. The Bertz CT molecular complexity index is 1320. The molecule has 32 heavy (non-hydrogen) atoms. The molecule has 166 valence electrons. The number of amides is 1. The average Bonchev–Trinajstić information content (AvgIpc) is 3.36. The molecule has 0 aliphatic heterocycles. The van der Waals surface area contributed by atoms with Gasteiger partial charge in [0.1, 0.15) is 11.4 Å². The number of aromatic amines is 1. The second kappa shape index (κ2) is 9.32. The summed E-state index contributed by atoms with van der Waals surface area (Å²) in [6.07, 6.45) is 3.21. The molecule has 2 aromatic carbocycles. The van der Waals surface area contributed by atoms with Crippen molar-refractivity contribution in [1.82, 2.24) is 14.7 Å². The van der Waals surface area contributed by atoms with E-state index in [4.69, 9.17) is 16.3 Å². The molecule has 0 spiro atoms. The van der Waals surface area contributed by atoms with Crippen molar-refractivity contribution in [2.75, 3.05) is 11.9 Å². The van der Waals surface area contributed by atoms with Gasteiger partial charge in [-0.25, -0.2) is 4.79 Å². The second-order valence-electron chi connectivity index (χ2n) is 7.43. The van der Waals surface area contributed by atoms with Crippen LogP contribution in [0.25, 0.3) is 22.3 Å². The molecule has 2 aromatic heterocycles. The van der Waals surface area contributed by atoms with Crippen LogP contribution in [0.5, 0.6) is 5.75 Å². The molecule has 0 saturated heterocycles. The monoisotopic (exact) mass is 454 g/mol. The smallest absolute Gasteiger partial charge is 0.439 e. The number of benzene rings is 2. The zero-order chi connectivity index (χ0) is 22.7. The quantitative estimate of drug-likeness (QED) is 0.365. The van der Waals surface area contributed by atoms with E-state index in [1.807, 2.05) is 35.9 Å². The van der Waals surface area contributed by atoms with Gasteiger partial charge in [-0.15, -0.1) is 0 Å². The van der Waals surface area contributed by atoms with Crippen molar-refractivity contribution in [3.63, 3.8) is 0 Å². The zero-order valence-corrected chi connectivity index (χ0v) is 18.5. The highest BCUT2D eigenvalue weighted by Crippen LogP contribution is 2.31. The van der Waals surface area contributed by atoms with Gasteiger partial charge in [-0.2, -0.15) is 0 Å². The van der Waals surface area contributed by atoms with Crippen molar-refractivity contribution in [1.29, 1.82) is 0 Å². The third kappa shape index (κ3) is 4.40. The Morgan fingerprint density at radius 3 is 2.84 bits per heavy atom. The topological polar surface area (TPSA) is 102 Å². The van der Waals surface area contributed by atoms with Gasteiger partial charge in [0.25, 0.3) is 5.91 Å². The number of carbonyl (C=O) groups excluding carboxylic acids is 1. The number of halogens is 1. The fraction of sp³-hybridized carbons (Fsp3) is 0.261. The summed E-state index contributed by atoms with van der Waals surface area (Å²) in [5.74, 6) is -0.104. The number of nitrogens with zero attached hydrogens (tertiary/aromatic N) is 2. The number of aromatic nitrogens is 3. The number of H-pyrrole nitrogens is 1. The number of carbonyl (C=O) groups is 1. The van der Waals surface area contributed by atoms with Crippen LogP contribution in [-0.4, -0.2) is 27.2 Å². The molecular formula is C23H23ClN4O4. The van der Waals surface area contributed by atoms with Gasteiger partial charge >= 0.3 is 5.76 Å². The lowest BCUT2D eigenvalue weighted by Gasteiger charge is -2.12. The highest BCUT2D eigenvalue weighted by Gasteiger charge is 2.19. The van der Waals surface area contributed by atoms with Crippen LogP contribution < -0.4 is 15.8 Å². The predicted molar refractivity (Wildman–Crippen MR) is 123 cm³/mol. The van der Waals surface area contributed by atoms with Gasteiger partial charge in [0.15, 0.2) is 5.82 Å². The summed E-state index contributed by atoms with van der Waals surface area (Å²) in [4.78, 5) is 27.0. The average molecular weight is 455 g/mol. The van der Waals surface area contributed by atoms with E-state index in [-0.39, 0.29) is 11.7 Å². The van der Waals surface area contributed by atoms with Crippen LogP contribution in [0.2, 0.25) is 5.02 Å². The van der Waals surface area contributed by atoms with Gasteiger partial charge in [-0.3, -0.25) is 14.3 Å². The lowest BCUT2D eigenvalue weighted by atomic mass is 10.1. The van der Waals surface area contributed by atoms with Crippen LogP contribution in [0.15, 0.2) is 51.8 Å². The number of para-hydroxylation sites is 1. The molecule has 0 atom stereocenters. The van der Waals surface area contributed by atoms with E-state index in [1.165, 1.54) is 0 Å². The maximum absolute atomic E-state index is 13.2. The van der Waals surface area contributed by atoms with Crippen LogP contribution >= 0.6 is 11.6 Å². The Labute approximate surface area is 189 Å². The number of unbranched alkanes of at least 4 members (excludes halogenated alkanes) is 2. The first-order valence-corrected chi connectivity index (χ1v) is 10.7. The van der Waals surface area contributed by atoms with Gasteiger partial charge in [0.05, 0.1) is 17.8 Å². The summed E-state index contributed by atoms with van der Waals surface area (Å²) in [6, 6.07) is 12.5. The molecule has 0 unspecified atom stereocenters. The minimum Gasteiger partial charge on any atom is -0.491 e. The normalized spacial score (nSPS) is 11.1. The van der Waals surface area contributed by atoms with Crippen molar-refractivity contribution in [2.24, 2.45) is 7.05 Å². The van der Waals surface area contributed by atoms with E-state index in [0.717, 1.165) is 35.9 Å². The maximum Gasteiger partial charge on any atom is 0.439 e. The minimum atomic E-state index is -0.697. The first-order chi connectivity index (χ1) is 15.5. The standard InChI is InChI=1S/C23H23ClN4O4/c1-3-4-5-11-31-19-8-6-7-14-12-18(28(2)20(14)19)22(29)25-17-10-9-15(24)13-16(17)21-26-23(30)32-27-21/h6-10,12-13H,3-5,11H2,1-2H3,(H,25,29)(H,26,27,30). The third-order valence-corrected chi connectivity index (χ3v) is 5.42. The Morgan fingerprint density at radius 2 is 2.09 bits per heavy atom. The Kier molecular flexibility index (Phi) is 6.32. The molecule has 0 aliphatic carbocycles. The first kappa shape index (κ1) is 21.7. The number of fused-ring (bicyclic) bond motifs is 1. The van der Waals surface area contributed by atoms with Crippen LogP contribution in [0, 0.1) is 0 Å². The zero-order valence-electron chi connectivity index (χ0n) is 17.8. The second-order valence-corrected chi connectivity index (χ2v) is 7.86.